The molecule has 0 bridgehead atoms. The average Bonchev–Trinajstić information content (AvgIpc) is 2.93. The number of hydrogen-bond donors (Lipinski definition) is 1. The van der Waals surface area contributed by atoms with E-state index in [4.69, 9.17) is 0 Å². The quantitative estimate of drug-likeness (QED) is 0.683. The summed E-state index contributed by atoms with van der Waals surface area (Å²) in [4.78, 5) is 44.3. The molecule has 1 aliphatic heterocycles. The van der Waals surface area contributed by atoms with Gasteiger partial charge in [0.1, 0.15) is 11.2 Å². The van der Waals surface area contributed by atoms with E-state index in [-0.39, 0.29) is 18.0 Å². The molecule has 7 heteroatoms. The van der Waals surface area contributed by atoms with Crippen LogP contribution in [-0.4, -0.2) is 26.2 Å². The maximum Gasteiger partial charge on any atom is 0.325 e. The lowest BCUT2D eigenvalue weighted by Gasteiger charge is -2.33. The normalized spacial score (nSPS) is 20.9. The van der Waals surface area contributed by atoms with Gasteiger partial charge in [0, 0.05) is 12.3 Å². The smallest absolute Gasteiger partial charge is 0.319 e. The first-order valence-electron chi connectivity index (χ1n) is 9.69. The second-order valence-electron chi connectivity index (χ2n) is 7.76. The van der Waals surface area contributed by atoms with Gasteiger partial charge in [-0.05, 0) is 55.0 Å². The van der Waals surface area contributed by atoms with Crippen molar-refractivity contribution < 1.29 is 9.59 Å². The monoisotopic (exact) mass is 388 g/mol. The molecule has 3 amide bonds. The number of benzene rings is 1. The number of imide groups is 1. The van der Waals surface area contributed by atoms with Gasteiger partial charge in [0.15, 0.2) is 0 Å². The number of urea groups is 1. The highest BCUT2D eigenvalue weighted by Crippen LogP contribution is 2.40. The molecule has 29 heavy (non-hydrogen) atoms. The van der Waals surface area contributed by atoms with E-state index in [1.54, 1.807) is 12.3 Å². The lowest BCUT2D eigenvalue weighted by atomic mass is 9.76. The first-order chi connectivity index (χ1) is 14.0. The zero-order valence-corrected chi connectivity index (χ0v) is 16.0. The Morgan fingerprint density at radius 1 is 1.14 bits per heavy atom. The summed E-state index contributed by atoms with van der Waals surface area (Å²) in [6, 6.07) is 12.3. The molecule has 5 rings (SSSR count). The molecule has 1 spiro atoms. The van der Waals surface area contributed by atoms with Crippen LogP contribution < -0.4 is 10.9 Å². The number of nitrogens with zero attached hydrogens (tertiary/aromatic N) is 3. The number of aryl methyl sites for hydroxylation is 2. The molecule has 0 radical (unpaired) electrons. The van der Waals surface area contributed by atoms with E-state index >= 15 is 0 Å². The van der Waals surface area contributed by atoms with Crippen molar-refractivity contribution >= 4 is 17.6 Å². The summed E-state index contributed by atoms with van der Waals surface area (Å²) in [5.41, 5.74) is 2.56. The van der Waals surface area contributed by atoms with Gasteiger partial charge in [-0.25, -0.2) is 9.78 Å². The Morgan fingerprint density at radius 3 is 2.83 bits per heavy atom. The second kappa shape index (κ2) is 6.27. The summed E-state index contributed by atoms with van der Waals surface area (Å²) in [7, 11) is 0. The van der Waals surface area contributed by atoms with Crippen LogP contribution in [0.4, 0.5) is 4.79 Å². The molecule has 3 heterocycles. The van der Waals surface area contributed by atoms with Crippen molar-refractivity contribution in [1.82, 2.24) is 19.6 Å². The van der Waals surface area contributed by atoms with E-state index in [2.05, 4.69) is 10.3 Å². The highest BCUT2D eigenvalue weighted by Gasteiger charge is 2.53. The summed E-state index contributed by atoms with van der Waals surface area (Å²) in [5, 5.41) is 2.93. The fourth-order valence-electron chi connectivity index (χ4n) is 4.45. The predicted octanol–water partition coefficient (Wildman–Crippen LogP) is 2.29. The van der Waals surface area contributed by atoms with Crippen LogP contribution in [0.1, 0.15) is 35.2 Å². The number of pyridine rings is 1. The standard InChI is InChI=1S/C22H20N4O3/c1-14-8-10-25-18(11-14)23-16(12-19(25)27)13-26-20(28)22(24-21(26)29)9-4-6-15-5-2-3-7-17(15)22/h2-3,5,7-8,10-12H,4,6,9,13H2,1H3,(H,24,29)/t22-/m0/s1. The highest BCUT2D eigenvalue weighted by atomic mass is 16.2. The zero-order chi connectivity index (χ0) is 20.2. The molecule has 146 valence electrons. The predicted molar refractivity (Wildman–Crippen MR) is 106 cm³/mol. The Morgan fingerprint density at radius 2 is 1.97 bits per heavy atom. The lowest BCUT2D eigenvalue weighted by Crippen LogP contribution is -2.46. The van der Waals surface area contributed by atoms with E-state index in [9.17, 15) is 14.4 Å². The molecule has 1 fully saturated rings. The molecule has 7 nitrogen and oxygen atoms in total. The maximum atomic E-state index is 13.4. The van der Waals surface area contributed by atoms with Crippen LogP contribution in [0.3, 0.4) is 0 Å². The molecule has 1 atom stereocenters. The van der Waals surface area contributed by atoms with Crippen molar-refractivity contribution in [2.24, 2.45) is 0 Å². The van der Waals surface area contributed by atoms with Crippen molar-refractivity contribution in [3.05, 3.63) is 81.4 Å². The summed E-state index contributed by atoms with van der Waals surface area (Å²) >= 11 is 0. The largest absolute Gasteiger partial charge is 0.325 e. The number of carbonyl (C=O) groups excluding carboxylic acids is 2. The fourth-order valence-corrected chi connectivity index (χ4v) is 4.45. The average molecular weight is 388 g/mol. The first kappa shape index (κ1) is 17.6. The molecule has 2 aliphatic rings. The van der Waals surface area contributed by atoms with Gasteiger partial charge in [-0.1, -0.05) is 24.3 Å². The summed E-state index contributed by atoms with van der Waals surface area (Å²) < 4.78 is 1.45. The van der Waals surface area contributed by atoms with Gasteiger partial charge in [-0.3, -0.25) is 18.9 Å². The Hall–Kier alpha value is -3.48. The van der Waals surface area contributed by atoms with Gasteiger partial charge in [-0.2, -0.15) is 0 Å². The lowest BCUT2D eigenvalue weighted by molar-refractivity contribution is -0.132. The zero-order valence-electron chi connectivity index (χ0n) is 16.0. The highest BCUT2D eigenvalue weighted by molar-refractivity contribution is 6.07. The second-order valence-corrected chi connectivity index (χ2v) is 7.76. The molecular formula is C22H20N4O3. The third-order valence-electron chi connectivity index (χ3n) is 5.85. The van der Waals surface area contributed by atoms with Crippen molar-refractivity contribution in [3.8, 4) is 0 Å². The number of amides is 3. The summed E-state index contributed by atoms with van der Waals surface area (Å²) in [6.45, 7) is 1.88. The van der Waals surface area contributed by atoms with Gasteiger partial charge >= 0.3 is 6.03 Å². The number of aromatic nitrogens is 2. The van der Waals surface area contributed by atoms with E-state index in [1.165, 1.54) is 15.4 Å². The minimum atomic E-state index is -1.02. The van der Waals surface area contributed by atoms with Crippen LogP contribution in [0.2, 0.25) is 0 Å². The fraction of sp³-hybridized carbons (Fsp3) is 0.273. The van der Waals surface area contributed by atoms with Gasteiger partial charge in [0.25, 0.3) is 11.5 Å². The summed E-state index contributed by atoms with van der Waals surface area (Å²) in [5.74, 6) is -0.277. The molecule has 1 aliphatic carbocycles. The van der Waals surface area contributed by atoms with Crippen LogP contribution >= 0.6 is 0 Å². The Balaban J connectivity index is 1.53. The van der Waals surface area contributed by atoms with Gasteiger partial charge in [0.05, 0.1) is 12.2 Å². The number of carbonyl (C=O) groups is 2. The molecule has 1 aromatic carbocycles. The van der Waals surface area contributed by atoms with Crippen LogP contribution in [0.5, 0.6) is 0 Å². The van der Waals surface area contributed by atoms with Crippen molar-refractivity contribution in [1.29, 1.82) is 0 Å². The molecule has 3 aromatic rings. The maximum absolute atomic E-state index is 13.4. The van der Waals surface area contributed by atoms with E-state index in [0.717, 1.165) is 29.5 Å². The summed E-state index contributed by atoms with van der Waals surface area (Å²) in [6.07, 6.45) is 3.96. The number of fused-ring (bicyclic) bond motifs is 3. The third kappa shape index (κ3) is 2.65. The Bertz CT molecular complexity index is 1230. The Labute approximate surface area is 167 Å². The number of nitrogens with one attached hydrogen (secondary N) is 1. The molecule has 0 unspecified atom stereocenters. The van der Waals surface area contributed by atoms with Crippen LogP contribution in [0.25, 0.3) is 5.65 Å². The number of rotatable bonds is 2. The SMILES string of the molecule is Cc1ccn2c(=O)cc(CN3C(=O)N[C@]4(CCCc5ccccc54)C3=O)nc2c1. The molecule has 1 N–H and O–H groups in total. The van der Waals surface area contributed by atoms with Crippen LogP contribution in [0.15, 0.2) is 53.5 Å². The number of hydrogen-bond acceptors (Lipinski definition) is 4. The van der Waals surface area contributed by atoms with Gasteiger partial charge in [0.2, 0.25) is 0 Å². The minimum absolute atomic E-state index is 0.0335. The van der Waals surface area contributed by atoms with E-state index in [1.807, 2.05) is 37.3 Å². The van der Waals surface area contributed by atoms with E-state index < -0.39 is 11.6 Å². The van der Waals surface area contributed by atoms with Crippen LogP contribution in [-0.2, 0) is 23.3 Å². The van der Waals surface area contributed by atoms with Crippen molar-refractivity contribution in [3.63, 3.8) is 0 Å². The molecule has 1 saturated heterocycles. The van der Waals surface area contributed by atoms with Gasteiger partial charge < -0.3 is 5.32 Å². The molecule has 0 saturated carbocycles. The van der Waals surface area contributed by atoms with Gasteiger partial charge in [-0.15, -0.1) is 0 Å². The molecule has 2 aromatic heterocycles. The van der Waals surface area contributed by atoms with Crippen molar-refractivity contribution in [2.45, 2.75) is 38.3 Å². The minimum Gasteiger partial charge on any atom is -0.319 e. The van der Waals surface area contributed by atoms with E-state index in [0.29, 0.717) is 17.8 Å². The molecular weight excluding hydrogens is 368 g/mol. The first-order valence-corrected chi connectivity index (χ1v) is 9.69. The van der Waals surface area contributed by atoms with Crippen molar-refractivity contribution in [2.75, 3.05) is 0 Å². The van der Waals surface area contributed by atoms with Crippen LogP contribution in [0, 0.1) is 6.92 Å². The Kier molecular flexibility index (Phi) is 3.81. The third-order valence-corrected chi connectivity index (χ3v) is 5.85. The topological polar surface area (TPSA) is 83.8 Å².